The minimum Gasteiger partial charge on any atom is -0.478 e. The van der Waals surface area contributed by atoms with E-state index >= 15 is 0 Å². The van der Waals surface area contributed by atoms with Crippen molar-refractivity contribution in [2.24, 2.45) is 0 Å². The molecule has 0 unspecified atom stereocenters. The Morgan fingerprint density at radius 1 is 1.57 bits per heavy atom. The zero-order valence-electron chi connectivity index (χ0n) is 7.26. The highest BCUT2D eigenvalue weighted by Crippen LogP contribution is 2.25. The summed E-state index contributed by atoms with van der Waals surface area (Å²) in [6.45, 7) is 0. The number of benzene rings is 1. The second kappa shape index (κ2) is 4.10. The third-order valence-corrected chi connectivity index (χ3v) is 2.40. The van der Waals surface area contributed by atoms with Crippen LogP contribution in [0.2, 0.25) is 0 Å². The van der Waals surface area contributed by atoms with Crippen LogP contribution in [0.1, 0.15) is 10.4 Å². The first-order chi connectivity index (χ1) is 6.56. The zero-order valence-corrected chi connectivity index (χ0v) is 8.08. The molecule has 0 heterocycles. The van der Waals surface area contributed by atoms with Crippen LogP contribution in [0.15, 0.2) is 23.1 Å². The number of rotatable bonds is 3. The Labute approximate surface area is 83.9 Å². The van der Waals surface area contributed by atoms with E-state index in [-0.39, 0.29) is 11.3 Å². The molecule has 0 radical (unpaired) electrons. The molecule has 0 fully saturated rings. The van der Waals surface area contributed by atoms with Crippen molar-refractivity contribution in [1.29, 1.82) is 0 Å². The molecule has 6 heteroatoms. The number of carbonyl (C=O) groups is 1. The smallest absolute Gasteiger partial charge is 0.336 e. The molecule has 0 spiro atoms. The molecule has 0 atom stereocenters. The number of nitro groups is 1. The van der Waals surface area contributed by atoms with Gasteiger partial charge in [0.05, 0.1) is 10.5 Å². The zero-order chi connectivity index (χ0) is 10.7. The highest BCUT2D eigenvalue weighted by atomic mass is 32.2. The molecule has 0 saturated heterocycles. The minimum absolute atomic E-state index is 0.0862. The van der Waals surface area contributed by atoms with E-state index in [4.69, 9.17) is 5.11 Å². The monoisotopic (exact) mass is 213 g/mol. The van der Waals surface area contributed by atoms with E-state index in [1.807, 2.05) is 0 Å². The van der Waals surface area contributed by atoms with Gasteiger partial charge < -0.3 is 5.11 Å². The summed E-state index contributed by atoms with van der Waals surface area (Å²) in [7, 11) is 0. The number of nitro benzene ring substituents is 1. The fourth-order valence-electron chi connectivity index (χ4n) is 0.970. The Bertz CT molecular complexity index is 391. The highest BCUT2D eigenvalue weighted by Gasteiger charge is 2.14. The molecule has 0 aliphatic heterocycles. The van der Waals surface area contributed by atoms with Gasteiger partial charge in [-0.1, -0.05) is 0 Å². The van der Waals surface area contributed by atoms with Crippen molar-refractivity contribution >= 4 is 23.4 Å². The Hall–Kier alpha value is -1.56. The number of hydrogen-bond acceptors (Lipinski definition) is 4. The molecule has 1 rings (SSSR count). The van der Waals surface area contributed by atoms with Gasteiger partial charge in [0.25, 0.3) is 5.69 Å². The lowest BCUT2D eigenvalue weighted by Crippen LogP contribution is -1.99. The summed E-state index contributed by atoms with van der Waals surface area (Å²) in [4.78, 5) is 20.9. The molecule has 1 aromatic carbocycles. The number of carboxylic acid groups (broad SMARTS) is 1. The first-order valence-corrected chi connectivity index (χ1v) is 4.84. The maximum Gasteiger partial charge on any atom is 0.336 e. The summed E-state index contributed by atoms with van der Waals surface area (Å²) >= 11 is 1.17. The summed E-state index contributed by atoms with van der Waals surface area (Å²) in [6, 6.07) is 3.68. The first kappa shape index (κ1) is 10.5. The van der Waals surface area contributed by atoms with Crippen LogP contribution in [0.3, 0.4) is 0 Å². The van der Waals surface area contributed by atoms with Gasteiger partial charge in [0.2, 0.25) is 0 Å². The lowest BCUT2D eigenvalue weighted by Gasteiger charge is -2.01. The molecule has 0 amide bonds. The highest BCUT2D eigenvalue weighted by molar-refractivity contribution is 7.98. The number of nitrogens with zero attached hydrogens (tertiary/aromatic N) is 1. The Morgan fingerprint density at radius 3 is 2.64 bits per heavy atom. The van der Waals surface area contributed by atoms with Crippen LogP contribution in [0, 0.1) is 10.1 Å². The molecule has 5 nitrogen and oxygen atoms in total. The predicted octanol–water partition coefficient (Wildman–Crippen LogP) is 2.01. The van der Waals surface area contributed by atoms with Crippen LogP contribution in [0.25, 0.3) is 0 Å². The van der Waals surface area contributed by atoms with Crippen molar-refractivity contribution in [3.63, 3.8) is 0 Å². The molecule has 0 bridgehead atoms. The summed E-state index contributed by atoms with van der Waals surface area (Å²) in [5.74, 6) is -1.08. The summed E-state index contributed by atoms with van der Waals surface area (Å²) in [5, 5.41) is 19.1. The van der Waals surface area contributed by atoms with E-state index in [0.29, 0.717) is 4.90 Å². The largest absolute Gasteiger partial charge is 0.478 e. The molecule has 74 valence electrons. The average Bonchev–Trinajstić information content (AvgIpc) is 2.16. The average molecular weight is 213 g/mol. The van der Waals surface area contributed by atoms with Gasteiger partial charge in [0, 0.05) is 17.0 Å². The van der Waals surface area contributed by atoms with Gasteiger partial charge in [0.15, 0.2) is 0 Å². The maximum atomic E-state index is 10.7. The van der Waals surface area contributed by atoms with Crippen LogP contribution in [-0.2, 0) is 0 Å². The third-order valence-electron chi connectivity index (χ3n) is 1.63. The van der Waals surface area contributed by atoms with Crippen LogP contribution < -0.4 is 0 Å². The second-order valence-corrected chi connectivity index (χ2v) is 3.29. The predicted molar refractivity (Wildman–Crippen MR) is 51.8 cm³/mol. The molecule has 1 aromatic rings. The fourth-order valence-corrected chi connectivity index (χ4v) is 1.58. The lowest BCUT2D eigenvalue weighted by atomic mass is 10.2. The number of non-ortho nitro benzene ring substituents is 1. The first-order valence-electron chi connectivity index (χ1n) is 3.62. The topological polar surface area (TPSA) is 80.4 Å². The molecule has 0 aliphatic rings. The number of thioether (sulfide) groups is 1. The van der Waals surface area contributed by atoms with Crippen LogP contribution >= 0.6 is 11.8 Å². The Balaban J connectivity index is 3.25. The van der Waals surface area contributed by atoms with Crippen LogP contribution in [-0.4, -0.2) is 22.3 Å². The maximum absolute atomic E-state index is 10.7. The third kappa shape index (κ3) is 2.02. The van der Waals surface area contributed by atoms with Crippen molar-refractivity contribution in [1.82, 2.24) is 0 Å². The quantitative estimate of drug-likeness (QED) is 0.472. The summed E-state index contributed by atoms with van der Waals surface area (Å²) in [6.07, 6.45) is 1.67. The fraction of sp³-hybridized carbons (Fsp3) is 0.125. The van der Waals surface area contributed by atoms with Crippen molar-refractivity contribution < 1.29 is 14.8 Å². The van der Waals surface area contributed by atoms with E-state index in [0.717, 1.165) is 0 Å². The van der Waals surface area contributed by atoms with E-state index in [9.17, 15) is 14.9 Å². The SMILES string of the molecule is CSc1cc([N+](=O)[O-])ccc1C(=O)O. The van der Waals surface area contributed by atoms with Gasteiger partial charge in [-0.2, -0.15) is 0 Å². The van der Waals surface area contributed by atoms with E-state index in [1.165, 1.54) is 30.0 Å². The molecule has 1 N–H and O–H groups in total. The number of hydrogen-bond donors (Lipinski definition) is 1. The molecular formula is C8H7NO4S. The summed E-state index contributed by atoms with van der Waals surface area (Å²) in [5.41, 5.74) is -0.0116. The molecule has 0 aliphatic carbocycles. The Kier molecular flexibility index (Phi) is 3.08. The molecule has 0 saturated carbocycles. The molecule has 0 aromatic heterocycles. The number of aromatic carboxylic acids is 1. The van der Waals surface area contributed by atoms with Crippen molar-refractivity contribution in [2.45, 2.75) is 4.90 Å². The Morgan fingerprint density at radius 2 is 2.21 bits per heavy atom. The van der Waals surface area contributed by atoms with E-state index < -0.39 is 10.9 Å². The minimum atomic E-state index is -1.08. The molecule has 14 heavy (non-hydrogen) atoms. The normalized spacial score (nSPS) is 9.79. The van der Waals surface area contributed by atoms with Crippen LogP contribution in [0.4, 0.5) is 5.69 Å². The van der Waals surface area contributed by atoms with E-state index in [1.54, 1.807) is 6.26 Å². The number of carboxylic acids is 1. The van der Waals surface area contributed by atoms with Crippen LogP contribution in [0.5, 0.6) is 0 Å². The standard InChI is InChI=1S/C8H7NO4S/c1-14-7-4-5(9(12)13)2-3-6(7)8(10)11/h2-4H,1H3,(H,10,11). The summed E-state index contributed by atoms with van der Waals surface area (Å²) < 4.78 is 0. The van der Waals surface area contributed by atoms with Crippen molar-refractivity contribution in [3.8, 4) is 0 Å². The van der Waals surface area contributed by atoms with Gasteiger partial charge in [-0.25, -0.2) is 4.79 Å². The van der Waals surface area contributed by atoms with Crippen molar-refractivity contribution in [3.05, 3.63) is 33.9 Å². The van der Waals surface area contributed by atoms with Gasteiger partial charge in [0.1, 0.15) is 0 Å². The van der Waals surface area contributed by atoms with Crippen molar-refractivity contribution in [2.75, 3.05) is 6.26 Å². The van der Waals surface area contributed by atoms with Gasteiger partial charge in [-0.15, -0.1) is 11.8 Å². The molecular weight excluding hydrogens is 206 g/mol. The van der Waals surface area contributed by atoms with Gasteiger partial charge in [-0.05, 0) is 12.3 Å². The lowest BCUT2D eigenvalue weighted by molar-refractivity contribution is -0.385. The van der Waals surface area contributed by atoms with E-state index in [2.05, 4.69) is 0 Å². The second-order valence-electron chi connectivity index (χ2n) is 2.45. The van der Waals surface area contributed by atoms with Gasteiger partial charge in [-0.3, -0.25) is 10.1 Å². The van der Waals surface area contributed by atoms with Gasteiger partial charge >= 0.3 is 5.97 Å².